The zero-order valence-corrected chi connectivity index (χ0v) is 11.3. The minimum atomic E-state index is -0.688. The van der Waals surface area contributed by atoms with E-state index in [2.05, 4.69) is 16.0 Å². The minimum Gasteiger partial charge on any atom is -0.481 e. The Morgan fingerprint density at radius 3 is 2.84 bits per heavy atom. The summed E-state index contributed by atoms with van der Waals surface area (Å²) in [5.74, 6) is 0.0615. The minimum absolute atomic E-state index is 0.287. The van der Waals surface area contributed by atoms with Gasteiger partial charge in [-0.3, -0.25) is 9.78 Å². The third kappa shape index (κ3) is 4.99. The summed E-state index contributed by atoms with van der Waals surface area (Å²) in [4.78, 5) is 17.0. The first-order chi connectivity index (χ1) is 9.24. The number of carboxylic acid groups (broad SMARTS) is 1. The van der Waals surface area contributed by atoms with Crippen molar-refractivity contribution in [2.45, 2.75) is 32.1 Å². The van der Waals surface area contributed by atoms with Crippen molar-refractivity contribution in [3.63, 3.8) is 0 Å². The number of aliphatic carboxylic acids is 1. The maximum atomic E-state index is 10.5. The SMILES string of the molecule is O=C(O)CCCN1CCC(Cc2cccnc2)CC1. The van der Waals surface area contributed by atoms with Crippen LogP contribution in [0.3, 0.4) is 0 Å². The Morgan fingerprint density at radius 1 is 1.42 bits per heavy atom. The second-order valence-corrected chi connectivity index (χ2v) is 5.35. The lowest BCUT2D eigenvalue weighted by atomic mass is 9.90. The van der Waals surface area contributed by atoms with Crippen LogP contribution in [0.5, 0.6) is 0 Å². The number of nitrogens with zero attached hydrogens (tertiary/aromatic N) is 2. The van der Waals surface area contributed by atoms with E-state index in [-0.39, 0.29) is 6.42 Å². The average molecular weight is 262 g/mol. The number of carbonyl (C=O) groups is 1. The molecule has 1 saturated heterocycles. The van der Waals surface area contributed by atoms with Gasteiger partial charge in [-0.25, -0.2) is 0 Å². The molecule has 104 valence electrons. The van der Waals surface area contributed by atoms with Crippen LogP contribution < -0.4 is 0 Å². The van der Waals surface area contributed by atoms with Gasteiger partial charge in [-0.15, -0.1) is 0 Å². The second kappa shape index (κ2) is 7.24. The molecule has 0 bridgehead atoms. The molecule has 0 saturated carbocycles. The van der Waals surface area contributed by atoms with Crippen LogP contribution in [-0.4, -0.2) is 40.6 Å². The van der Waals surface area contributed by atoms with Crippen molar-refractivity contribution in [1.82, 2.24) is 9.88 Å². The van der Waals surface area contributed by atoms with Crippen LogP contribution in [0.25, 0.3) is 0 Å². The van der Waals surface area contributed by atoms with Crippen LogP contribution in [0.15, 0.2) is 24.5 Å². The first kappa shape index (κ1) is 14.0. The highest BCUT2D eigenvalue weighted by molar-refractivity contribution is 5.66. The molecule has 1 aromatic heterocycles. The van der Waals surface area contributed by atoms with E-state index in [9.17, 15) is 4.79 Å². The molecule has 0 aliphatic carbocycles. The molecule has 1 aromatic rings. The smallest absolute Gasteiger partial charge is 0.303 e. The highest BCUT2D eigenvalue weighted by Crippen LogP contribution is 2.21. The largest absolute Gasteiger partial charge is 0.481 e. The van der Waals surface area contributed by atoms with E-state index in [1.54, 1.807) is 0 Å². The van der Waals surface area contributed by atoms with E-state index in [0.717, 1.165) is 38.4 Å². The van der Waals surface area contributed by atoms with Gasteiger partial charge in [0.1, 0.15) is 0 Å². The van der Waals surface area contributed by atoms with Gasteiger partial charge in [0.25, 0.3) is 0 Å². The Labute approximate surface area is 114 Å². The number of carboxylic acids is 1. The molecule has 1 N–H and O–H groups in total. The lowest BCUT2D eigenvalue weighted by Crippen LogP contribution is -2.35. The summed E-state index contributed by atoms with van der Waals surface area (Å²) in [5, 5.41) is 8.62. The number of rotatable bonds is 6. The van der Waals surface area contributed by atoms with Gasteiger partial charge in [-0.1, -0.05) is 6.07 Å². The standard InChI is InChI=1S/C15H22N2O2/c18-15(19)4-2-8-17-9-5-13(6-10-17)11-14-3-1-7-16-12-14/h1,3,7,12-13H,2,4-6,8-11H2,(H,18,19). The van der Waals surface area contributed by atoms with Gasteiger partial charge in [0.2, 0.25) is 0 Å². The third-order valence-corrected chi connectivity index (χ3v) is 3.82. The fourth-order valence-corrected chi connectivity index (χ4v) is 2.72. The molecule has 4 nitrogen and oxygen atoms in total. The van der Waals surface area contributed by atoms with Gasteiger partial charge in [0.05, 0.1) is 0 Å². The van der Waals surface area contributed by atoms with E-state index in [1.165, 1.54) is 18.4 Å². The van der Waals surface area contributed by atoms with Crippen molar-refractivity contribution >= 4 is 5.97 Å². The number of hydrogen-bond acceptors (Lipinski definition) is 3. The summed E-state index contributed by atoms with van der Waals surface area (Å²) in [6.07, 6.45) is 8.37. The van der Waals surface area contributed by atoms with Crippen LogP contribution in [0.4, 0.5) is 0 Å². The number of aromatic nitrogens is 1. The molecule has 0 amide bonds. The topological polar surface area (TPSA) is 53.4 Å². The molecule has 0 spiro atoms. The van der Waals surface area contributed by atoms with E-state index in [0.29, 0.717) is 0 Å². The summed E-state index contributed by atoms with van der Waals surface area (Å²) in [6, 6.07) is 4.14. The van der Waals surface area contributed by atoms with Gasteiger partial charge in [-0.2, -0.15) is 0 Å². The maximum Gasteiger partial charge on any atom is 0.303 e. The number of pyridine rings is 1. The van der Waals surface area contributed by atoms with E-state index in [4.69, 9.17) is 5.11 Å². The van der Waals surface area contributed by atoms with E-state index >= 15 is 0 Å². The summed E-state index contributed by atoms with van der Waals surface area (Å²) >= 11 is 0. The number of hydrogen-bond donors (Lipinski definition) is 1. The summed E-state index contributed by atoms with van der Waals surface area (Å²) < 4.78 is 0. The molecule has 1 aliphatic heterocycles. The molecule has 0 aromatic carbocycles. The predicted molar refractivity (Wildman–Crippen MR) is 74.0 cm³/mol. The Bertz CT molecular complexity index is 386. The first-order valence-corrected chi connectivity index (χ1v) is 7.07. The van der Waals surface area contributed by atoms with E-state index in [1.807, 2.05) is 18.5 Å². The van der Waals surface area contributed by atoms with Crippen molar-refractivity contribution in [1.29, 1.82) is 0 Å². The Hall–Kier alpha value is -1.42. The van der Waals surface area contributed by atoms with Gasteiger partial charge in [0, 0.05) is 18.8 Å². The summed E-state index contributed by atoms with van der Waals surface area (Å²) in [6.45, 7) is 3.13. The number of piperidine rings is 1. The normalized spacial score (nSPS) is 17.5. The fraction of sp³-hybridized carbons (Fsp3) is 0.600. The molecule has 0 radical (unpaired) electrons. The molecule has 4 heteroatoms. The van der Waals surface area contributed by atoms with Crippen molar-refractivity contribution in [3.05, 3.63) is 30.1 Å². The van der Waals surface area contributed by atoms with Crippen molar-refractivity contribution in [2.24, 2.45) is 5.92 Å². The van der Waals surface area contributed by atoms with Crippen molar-refractivity contribution in [3.8, 4) is 0 Å². The zero-order valence-electron chi connectivity index (χ0n) is 11.3. The Balaban J connectivity index is 1.66. The van der Waals surface area contributed by atoms with Crippen molar-refractivity contribution in [2.75, 3.05) is 19.6 Å². The molecule has 0 unspecified atom stereocenters. The number of likely N-dealkylation sites (tertiary alicyclic amines) is 1. The molecular formula is C15H22N2O2. The van der Waals surface area contributed by atoms with Crippen molar-refractivity contribution < 1.29 is 9.90 Å². The quantitative estimate of drug-likeness (QED) is 0.854. The second-order valence-electron chi connectivity index (χ2n) is 5.35. The predicted octanol–water partition coefficient (Wildman–Crippen LogP) is 2.20. The van der Waals surface area contributed by atoms with Crippen LogP contribution >= 0.6 is 0 Å². The first-order valence-electron chi connectivity index (χ1n) is 7.07. The molecule has 1 aliphatic rings. The van der Waals surface area contributed by atoms with Crippen LogP contribution in [0.2, 0.25) is 0 Å². The Morgan fingerprint density at radius 2 is 2.21 bits per heavy atom. The maximum absolute atomic E-state index is 10.5. The fourth-order valence-electron chi connectivity index (χ4n) is 2.72. The van der Waals surface area contributed by atoms with Gasteiger partial charge < -0.3 is 10.0 Å². The van der Waals surface area contributed by atoms with Gasteiger partial charge in [-0.05, 0) is 62.9 Å². The van der Waals surface area contributed by atoms with Crippen LogP contribution in [0, 0.1) is 5.92 Å². The highest BCUT2D eigenvalue weighted by atomic mass is 16.4. The lowest BCUT2D eigenvalue weighted by Gasteiger charge is -2.31. The molecule has 19 heavy (non-hydrogen) atoms. The summed E-state index contributed by atoms with van der Waals surface area (Å²) in [5.41, 5.74) is 1.33. The summed E-state index contributed by atoms with van der Waals surface area (Å²) in [7, 11) is 0. The Kier molecular flexibility index (Phi) is 5.33. The molecule has 1 fully saturated rings. The van der Waals surface area contributed by atoms with Gasteiger partial charge in [0.15, 0.2) is 0 Å². The highest BCUT2D eigenvalue weighted by Gasteiger charge is 2.19. The third-order valence-electron chi connectivity index (χ3n) is 3.82. The monoisotopic (exact) mass is 262 g/mol. The van der Waals surface area contributed by atoms with Crippen LogP contribution in [0.1, 0.15) is 31.2 Å². The molecule has 2 heterocycles. The average Bonchev–Trinajstić information content (AvgIpc) is 2.42. The lowest BCUT2D eigenvalue weighted by molar-refractivity contribution is -0.137. The van der Waals surface area contributed by atoms with E-state index < -0.39 is 5.97 Å². The molecule has 2 rings (SSSR count). The van der Waals surface area contributed by atoms with Gasteiger partial charge >= 0.3 is 5.97 Å². The molecular weight excluding hydrogens is 240 g/mol. The van der Waals surface area contributed by atoms with Crippen LogP contribution in [-0.2, 0) is 11.2 Å². The molecule has 0 atom stereocenters. The zero-order chi connectivity index (χ0) is 13.5.